The van der Waals surface area contributed by atoms with E-state index in [4.69, 9.17) is 0 Å². The molecule has 0 saturated heterocycles. The van der Waals surface area contributed by atoms with E-state index in [9.17, 15) is 0 Å². The molecule has 176 valence electrons. The minimum atomic E-state index is -2.33. The first kappa shape index (κ1) is 27.9. The molecule has 3 aromatic carbocycles. The van der Waals surface area contributed by atoms with Crippen molar-refractivity contribution in [3.63, 3.8) is 0 Å². The van der Waals surface area contributed by atoms with E-state index in [1.807, 2.05) is 6.66 Å². The average molecular weight is 680 g/mol. The first-order chi connectivity index (χ1) is 16.1. The third kappa shape index (κ3) is 6.00. The molecule has 0 bridgehead atoms. The van der Waals surface area contributed by atoms with Crippen molar-refractivity contribution in [1.82, 2.24) is 0 Å². The smallest absolute Gasteiger partial charge is 1.00 e. The van der Waals surface area contributed by atoms with Crippen LogP contribution in [0.4, 0.5) is 0 Å². The molecule has 0 amide bonds. The third-order valence-corrected chi connectivity index (χ3v) is 33.5. The van der Waals surface area contributed by atoms with Crippen LogP contribution in [0.25, 0.3) is 11.1 Å². The van der Waals surface area contributed by atoms with Crippen molar-refractivity contribution in [2.24, 2.45) is 0 Å². The fourth-order valence-electron chi connectivity index (χ4n) is 5.17. The van der Waals surface area contributed by atoms with Crippen LogP contribution < -0.4 is 30.0 Å². The van der Waals surface area contributed by atoms with Crippen molar-refractivity contribution in [3.05, 3.63) is 132 Å². The van der Waals surface area contributed by atoms with E-state index in [1.54, 1.807) is 16.3 Å². The average Bonchev–Trinajstić information content (AvgIpc) is 3.44. The second-order valence-electron chi connectivity index (χ2n) is 9.11. The zero-order valence-corrected chi connectivity index (χ0v) is 26.6. The molecule has 5 rings (SSSR count). The maximum absolute atomic E-state index is 2.61. The number of hydrogen-bond acceptors (Lipinski definition) is 0. The van der Waals surface area contributed by atoms with Crippen molar-refractivity contribution in [3.8, 4) is 0 Å². The Hall–Kier alpha value is -1.71. The quantitative estimate of drug-likeness (QED) is 0.361. The molecule has 35 heavy (non-hydrogen) atoms. The van der Waals surface area contributed by atoms with Crippen LogP contribution in [0.5, 0.6) is 0 Å². The SMILES string of the molecule is CC1=[C]([Hf+2]([C]2=C(C)C=C(c3ccccc3)C2)=[Si](C)c2ccccc2)CC(c2ccccc2)=C1.[Cl-].[Cl-]. The van der Waals surface area contributed by atoms with Crippen molar-refractivity contribution in [1.29, 1.82) is 0 Å². The molecule has 0 atom stereocenters. The molecule has 2 aliphatic carbocycles. The fraction of sp³-hybridized carbons (Fsp3) is 0.161. The molecular formula is C31H30Cl2HfSi. The van der Waals surface area contributed by atoms with E-state index in [1.165, 1.54) is 22.3 Å². The van der Waals surface area contributed by atoms with Gasteiger partial charge in [0.25, 0.3) is 0 Å². The zero-order valence-electron chi connectivity index (χ0n) is 20.5. The summed E-state index contributed by atoms with van der Waals surface area (Å²) in [4.78, 5) is 0. The number of rotatable bonds is 5. The van der Waals surface area contributed by atoms with Gasteiger partial charge in [-0.1, -0.05) is 0 Å². The van der Waals surface area contributed by atoms with E-state index in [0.717, 1.165) is 12.8 Å². The van der Waals surface area contributed by atoms with Gasteiger partial charge >= 0.3 is 207 Å². The summed E-state index contributed by atoms with van der Waals surface area (Å²) in [6.07, 6.45) is 7.30. The van der Waals surface area contributed by atoms with Gasteiger partial charge in [-0.05, 0) is 0 Å². The summed E-state index contributed by atoms with van der Waals surface area (Å²) in [6, 6.07) is 33.4. The molecule has 4 heteroatoms. The minimum absolute atomic E-state index is 0. The molecule has 0 nitrogen and oxygen atoms in total. The molecule has 0 N–H and O–H groups in total. The van der Waals surface area contributed by atoms with Crippen LogP contribution in [-0.4, -0.2) is 5.49 Å². The van der Waals surface area contributed by atoms with Gasteiger partial charge in [0.15, 0.2) is 0 Å². The normalized spacial score (nSPS) is 14.5. The van der Waals surface area contributed by atoms with Crippen LogP contribution in [0.1, 0.15) is 37.8 Å². The van der Waals surface area contributed by atoms with Gasteiger partial charge in [-0.3, -0.25) is 0 Å². The Bertz CT molecular complexity index is 1270. The molecule has 0 unspecified atom stereocenters. The van der Waals surface area contributed by atoms with Gasteiger partial charge in [-0.25, -0.2) is 0 Å². The van der Waals surface area contributed by atoms with Crippen molar-refractivity contribution < 1.29 is 44.9 Å². The monoisotopic (exact) mass is 680 g/mol. The number of allylic oxidation sites excluding steroid dienone is 8. The Balaban J connectivity index is 0.00000171. The Morgan fingerprint density at radius 3 is 1.34 bits per heavy atom. The van der Waals surface area contributed by atoms with Gasteiger partial charge < -0.3 is 24.8 Å². The number of halogens is 2. The van der Waals surface area contributed by atoms with Crippen molar-refractivity contribution in [2.45, 2.75) is 33.2 Å². The van der Waals surface area contributed by atoms with E-state index in [0.29, 0.717) is 0 Å². The van der Waals surface area contributed by atoms with Gasteiger partial charge in [0.05, 0.1) is 0 Å². The van der Waals surface area contributed by atoms with Crippen LogP contribution in [0, 0.1) is 0 Å². The predicted molar refractivity (Wildman–Crippen MR) is 141 cm³/mol. The molecule has 3 aromatic rings. The molecule has 0 radical (unpaired) electrons. The minimum Gasteiger partial charge on any atom is -1.00 e. The summed E-state index contributed by atoms with van der Waals surface area (Å²) in [6.45, 7) is 7.38. The Kier molecular flexibility index (Phi) is 9.95. The molecule has 0 aliphatic heterocycles. The van der Waals surface area contributed by atoms with E-state index >= 15 is 0 Å². The summed E-state index contributed by atoms with van der Waals surface area (Å²) in [7, 11) is 0. The molecule has 0 spiro atoms. The fourth-order valence-corrected chi connectivity index (χ4v) is 33.7. The van der Waals surface area contributed by atoms with Crippen molar-refractivity contribution >= 4 is 21.8 Å². The first-order valence-corrected chi connectivity index (χ1v) is 22.8. The third-order valence-electron chi connectivity index (χ3n) is 6.94. The molecule has 0 aromatic heterocycles. The summed E-state index contributed by atoms with van der Waals surface area (Å²) in [5.74, 6) is 0. The summed E-state index contributed by atoms with van der Waals surface area (Å²) in [5.41, 5.74) is 8.32. The summed E-state index contributed by atoms with van der Waals surface area (Å²) >= 11 is -2.33. The van der Waals surface area contributed by atoms with Gasteiger partial charge in [0.1, 0.15) is 0 Å². The van der Waals surface area contributed by atoms with Gasteiger partial charge in [0.2, 0.25) is 0 Å². The molecule has 0 saturated carbocycles. The Morgan fingerprint density at radius 1 is 0.571 bits per heavy atom. The summed E-state index contributed by atoms with van der Waals surface area (Å²) < 4.78 is 3.69. The van der Waals surface area contributed by atoms with Crippen LogP contribution in [0.15, 0.2) is 121 Å². The van der Waals surface area contributed by atoms with Crippen LogP contribution in [-0.2, 0) is 20.1 Å². The van der Waals surface area contributed by atoms with Crippen LogP contribution in [0.3, 0.4) is 0 Å². The van der Waals surface area contributed by atoms with Gasteiger partial charge in [-0.2, -0.15) is 0 Å². The summed E-state index contributed by atoms with van der Waals surface area (Å²) in [5, 5.41) is 1.62. The maximum Gasteiger partial charge on any atom is -1.00 e. The number of benzene rings is 3. The maximum atomic E-state index is 2.61. The Labute approximate surface area is 230 Å². The van der Waals surface area contributed by atoms with E-state index in [-0.39, 0.29) is 24.8 Å². The van der Waals surface area contributed by atoms with E-state index in [2.05, 4.69) is 124 Å². The Morgan fingerprint density at radius 2 is 0.943 bits per heavy atom. The molecular weight excluding hydrogens is 650 g/mol. The second-order valence-corrected chi connectivity index (χ2v) is 30.1. The van der Waals surface area contributed by atoms with Crippen LogP contribution in [0.2, 0.25) is 6.55 Å². The first-order valence-electron chi connectivity index (χ1n) is 11.8. The zero-order chi connectivity index (χ0) is 22.8. The molecule has 2 aliphatic rings. The number of hydrogen-bond donors (Lipinski definition) is 0. The van der Waals surface area contributed by atoms with Crippen molar-refractivity contribution in [2.75, 3.05) is 0 Å². The van der Waals surface area contributed by atoms with E-state index < -0.39 is 25.6 Å². The topological polar surface area (TPSA) is 0 Å². The molecule has 0 heterocycles. The predicted octanol–water partition coefficient (Wildman–Crippen LogP) is 1.66. The van der Waals surface area contributed by atoms with Gasteiger partial charge in [0, 0.05) is 0 Å². The van der Waals surface area contributed by atoms with Gasteiger partial charge in [-0.15, -0.1) is 0 Å². The largest absolute Gasteiger partial charge is 1.00 e. The molecule has 0 fully saturated rings. The van der Waals surface area contributed by atoms with Crippen LogP contribution >= 0.6 is 0 Å². The standard InChI is InChI=1S/2C12H11.C7H8Si.2ClH.Hf/c2*1-10-7-8-12(9-10)11-5-3-2-4-6-11;1-8-7-5-3-2-4-6-7;;;/h2*2-6,9H,8H2,1H3;2-6H,1H3;2*1H;/q;;;;;+2/p-2. The second kappa shape index (κ2) is 12.5.